The zero-order valence-corrected chi connectivity index (χ0v) is 28.9. The van der Waals surface area contributed by atoms with Crippen LogP contribution >= 0.6 is 0 Å². The van der Waals surface area contributed by atoms with Crippen LogP contribution in [0.5, 0.6) is 5.75 Å². The first-order valence-corrected chi connectivity index (χ1v) is 18.2. The zero-order chi connectivity index (χ0) is 33.7. The van der Waals surface area contributed by atoms with Crippen molar-refractivity contribution in [3.05, 3.63) is 138 Å². The molecule has 4 aromatic carbocycles. The van der Waals surface area contributed by atoms with Crippen LogP contribution in [0.15, 0.2) is 115 Å². The minimum absolute atomic E-state index is 0.0789. The van der Waals surface area contributed by atoms with Crippen molar-refractivity contribution in [3.8, 4) is 5.75 Å². The number of carbonyl (C=O) groups excluding carboxylic acids is 1. The molecule has 5 heteroatoms. The van der Waals surface area contributed by atoms with Gasteiger partial charge < -0.3 is 14.7 Å². The van der Waals surface area contributed by atoms with Gasteiger partial charge >= 0.3 is 0 Å². The summed E-state index contributed by atoms with van der Waals surface area (Å²) in [4.78, 5) is 15.9. The van der Waals surface area contributed by atoms with E-state index in [1.165, 1.54) is 56.1 Å². The molecule has 4 rings (SSSR count). The van der Waals surface area contributed by atoms with E-state index in [1.54, 1.807) is 6.07 Å². The first-order valence-electron chi connectivity index (χ1n) is 18.2. The third-order valence-electron chi connectivity index (χ3n) is 9.55. The van der Waals surface area contributed by atoms with Crippen molar-refractivity contribution >= 4 is 5.78 Å². The van der Waals surface area contributed by atoms with Crippen LogP contribution in [0.4, 0.5) is 0 Å². The van der Waals surface area contributed by atoms with Gasteiger partial charge in [0.05, 0.1) is 13.2 Å². The van der Waals surface area contributed by atoms with E-state index in [2.05, 4.69) is 59.5 Å². The third kappa shape index (κ3) is 13.4. The Morgan fingerprint density at radius 2 is 1.12 bits per heavy atom. The number of benzene rings is 4. The molecule has 0 aromatic heterocycles. The number of aliphatic hydroxyl groups is 1. The molecule has 4 aromatic rings. The summed E-state index contributed by atoms with van der Waals surface area (Å²) in [6.45, 7) is 5.70. The quantitative estimate of drug-likeness (QED) is 0.0452. The van der Waals surface area contributed by atoms with Crippen LogP contribution < -0.4 is 0 Å². The zero-order valence-electron chi connectivity index (χ0n) is 28.9. The molecule has 5 nitrogen and oxygen atoms in total. The first-order chi connectivity index (χ1) is 23.6. The van der Waals surface area contributed by atoms with Crippen molar-refractivity contribution in [2.24, 2.45) is 0 Å². The van der Waals surface area contributed by atoms with Gasteiger partial charge in [0.25, 0.3) is 0 Å². The number of aromatic hydroxyl groups is 1. The molecular formula is C43H57N2O3+. The molecule has 0 heterocycles. The Balaban J connectivity index is 1.15. The van der Waals surface area contributed by atoms with Crippen molar-refractivity contribution in [2.75, 3.05) is 39.3 Å². The van der Waals surface area contributed by atoms with Crippen LogP contribution in [0.25, 0.3) is 0 Å². The molecule has 256 valence electrons. The number of phenolic OH excluding ortho intramolecular Hbond substituents is 1. The fraction of sp³-hybridized carbons (Fsp3) is 0.419. The van der Waals surface area contributed by atoms with Gasteiger partial charge in [-0.05, 0) is 49.4 Å². The average Bonchev–Trinajstić information content (AvgIpc) is 3.11. The second-order valence-corrected chi connectivity index (χ2v) is 13.4. The van der Waals surface area contributed by atoms with Gasteiger partial charge in [0.15, 0.2) is 0 Å². The van der Waals surface area contributed by atoms with Crippen LogP contribution in [0.3, 0.4) is 0 Å². The minimum atomic E-state index is 0.0789. The molecular weight excluding hydrogens is 592 g/mol. The average molecular weight is 650 g/mol. The SMILES string of the molecule is O=C(C[N+](CCO)(CCCCCCCCCCCN(CCc1ccccc1O)Cc1ccccc1)Cc1ccccc1)c1ccccc1. The van der Waals surface area contributed by atoms with Gasteiger partial charge in [0.2, 0.25) is 5.78 Å². The predicted octanol–water partition coefficient (Wildman–Crippen LogP) is 8.84. The number of quaternary nitrogens is 1. The molecule has 1 atom stereocenters. The van der Waals surface area contributed by atoms with E-state index in [4.69, 9.17) is 0 Å². The van der Waals surface area contributed by atoms with E-state index in [9.17, 15) is 15.0 Å². The number of hydrogen-bond donors (Lipinski definition) is 2. The number of rotatable bonds is 24. The molecule has 0 spiro atoms. The van der Waals surface area contributed by atoms with Crippen LogP contribution in [0, 0.1) is 0 Å². The topological polar surface area (TPSA) is 60.8 Å². The highest BCUT2D eigenvalue weighted by atomic mass is 16.3. The first kappa shape index (κ1) is 37.1. The van der Waals surface area contributed by atoms with Crippen molar-refractivity contribution in [3.63, 3.8) is 0 Å². The summed E-state index contributed by atoms with van der Waals surface area (Å²) in [7, 11) is 0. The molecule has 48 heavy (non-hydrogen) atoms. The van der Waals surface area contributed by atoms with E-state index in [0.717, 1.165) is 63.1 Å². The summed E-state index contributed by atoms with van der Waals surface area (Å²) in [6.07, 6.45) is 11.8. The van der Waals surface area contributed by atoms with Crippen LogP contribution in [0.2, 0.25) is 0 Å². The maximum atomic E-state index is 13.3. The number of unbranched alkanes of at least 4 members (excludes halogenated alkanes) is 8. The Hall–Kier alpha value is -3.77. The molecule has 0 radical (unpaired) electrons. The van der Waals surface area contributed by atoms with Gasteiger partial charge in [-0.2, -0.15) is 0 Å². The molecule has 2 N–H and O–H groups in total. The van der Waals surface area contributed by atoms with Crippen molar-refractivity contribution < 1.29 is 19.5 Å². The lowest BCUT2D eigenvalue weighted by Gasteiger charge is -2.38. The van der Waals surface area contributed by atoms with Gasteiger partial charge in [0.1, 0.15) is 25.4 Å². The number of Topliss-reactive ketones (excluding diaryl/α,β-unsaturated/α-hetero) is 1. The molecule has 0 aliphatic carbocycles. The summed E-state index contributed by atoms with van der Waals surface area (Å²) in [6, 6.07) is 38.4. The summed E-state index contributed by atoms with van der Waals surface area (Å²) in [5.41, 5.74) is 4.32. The lowest BCUT2D eigenvalue weighted by Crippen LogP contribution is -2.52. The normalized spacial score (nSPS) is 12.6. The fourth-order valence-electron chi connectivity index (χ4n) is 6.82. The monoisotopic (exact) mass is 649 g/mol. The number of phenols is 1. The summed E-state index contributed by atoms with van der Waals surface area (Å²) in [5, 5.41) is 20.3. The van der Waals surface area contributed by atoms with Gasteiger partial charge in [-0.15, -0.1) is 0 Å². The molecule has 0 aliphatic rings. The highest BCUT2D eigenvalue weighted by Gasteiger charge is 2.30. The fourth-order valence-corrected chi connectivity index (χ4v) is 6.82. The van der Waals surface area contributed by atoms with Crippen LogP contribution in [0.1, 0.15) is 84.8 Å². The highest BCUT2D eigenvalue weighted by Crippen LogP contribution is 2.21. The van der Waals surface area contributed by atoms with Crippen molar-refractivity contribution in [2.45, 2.75) is 77.3 Å². The van der Waals surface area contributed by atoms with E-state index in [1.807, 2.05) is 54.6 Å². The molecule has 0 fully saturated rings. The largest absolute Gasteiger partial charge is 0.508 e. The summed E-state index contributed by atoms with van der Waals surface area (Å²) < 4.78 is 0.599. The second-order valence-electron chi connectivity index (χ2n) is 13.4. The molecule has 0 aliphatic heterocycles. The molecule has 1 unspecified atom stereocenters. The Morgan fingerprint density at radius 1 is 0.583 bits per heavy atom. The maximum Gasteiger partial charge on any atom is 0.216 e. The Labute approximate surface area is 289 Å². The van der Waals surface area contributed by atoms with Gasteiger partial charge in [-0.25, -0.2) is 0 Å². The molecule has 0 bridgehead atoms. The number of nitrogens with zero attached hydrogens (tertiary/aromatic N) is 2. The van der Waals surface area contributed by atoms with E-state index >= 15 is 0 Å². The lowest BCUT2D eigenvalue weighted by molar-refractivity contribution is -0.933. The number of hydrogen-bond acceptors (Lipinski definition) is 4. The number of carbonyl (C=O) groups is 1. The van der Waals surface area contributed by atoms with E-state index < -0.39 is 0 Å². The smallest absolute Gasteiger partial charge is 0.216 e. The van der Waals surface area contributed by atoms with Crippen molar-refractivity contribution in [1.29, 1.82) is 0 Å². The van der Waals surface area contributed by atoms with Crippen LogP contribution in [-0.4, -0.2) is 64.7 Å². The predicted molar refractivity (Wildman–Crippen MR) is 198 cm³/mol. The van der Waals surface area contributed by atoms with Crippen molar-refractivity contribution in [1.82, 2.24) is 4.90 Å². The minimum Gasteiger partial charge on any atom is -0.508 e. The van der Waals surface area contributed by atoms with E-state index in [0.29, 0.717) is 23.3 Å². The lowest BCUT2D eigenvalue weighted by atomic mass is 10.0. The van der Waals surface area contributed by atoms with Crippen LogP contribution in [-0.2, 0) is 19.5 Å². The summed E-state index contributed by atoms with van der Waals surface area (Å²) >= 11 is 0. The number of para-hydroxylation sites is 1. The number of aliphatic hydroxyl groups excluding tert-OH is 1. The Bertz CT molecular complexity index is 1430. The van der Waals surface area contributed by atoms with Gasteiger partial charge in [-0.1, -0.05) is 148 Å². The standard InChI is InChI=1S/C43H56N2O3/c46-34-33-45(36-39-23-13-9-14-24-39,37-43(48)40-25-15-10-16-26-40)32-20-7-5-3-1-2-4-6-19-30-44(35-38-21-11-8-12-22-38)31-29-41-27-17-18-28-42(41)47/h8-18,21-28,46H,1-7,19-20,29-37H2/p+1. The molecule has 0 amide bonds. The maximum absolute atomic E-state index is 13.3. The second kappa shape index (κ2) is 21.3. The molecule has 0 saturated heterocycles. The molecule has 0 saturated carbocycles. The Kier molecular flexibility index (Phi) is 16.4. The third-order valence-corrected chi connectivity index (χ3v) is 9.55. The summed E-state index contributed by atoms with van der Waals surface area (Å²) in [5.74, 6) is 0.546. The van der Waals surface area contributed by atoms with Gasteiger partial charge in [-0.3, -0.25) is 9.69 Å². The number of ketones is 1. The Morgan fingerprint density at radius 3 is 1.75 bits per heavy atom. The van der Waals surface area contributed by atoms with E-state index in [-0.39, 0.29) is 12.4 Å². The van der Waals surface area contributed by atoms with Gasteiger partial charge in [0, 0.05) is 24.2 Å². The highest BCUT2D eigenvalue weighted by molar-refractivity contribution is 5.96.